The molecule has 4 N–H and O–H groups in total. The number of H-pyrrole nitrogens is 1. The Labute approximate surface area is 228 Å². The van der Waals surface area contributed by atoms with Crippen molar-refractivity contribution in [3.05, 3.63) is 72.3 Å². The zero-order valence-corrected chi connectivity index (χ0v) is 22.3. The van der Waals surface area contributed by atoms with E-state index in [1.807, 2.05) is 24.4 Å². The standard InChI is InChI=1S/C31H36FN7/c1-20(21-8-4-2-5-9-21)36-25-15-24(18-34-19-25)22-14-23(29(33)26(32)16-22)17-28-37-30-27(10-11-35-31(30)38-28)39-12-6-3-7-13-39/h10-11,14-16,18-19,21,36H,1-9,12-13,17,33H2,(H,35,37,38). The molecule has 1 saturated heterocycles. The number of nitrogens with two attached hydrogens (primary N) is 1. The van der Waals surface area contributed by atoms with Crippen LogP contribution in [-0.2, 0) is 6.42 Å². The van der Waals surface area contributed by atoms with Gasteiger partial charge in [-0.1, -0.05) is 25.8 Å². The van der Waals surface area contributed by atoms with Crippen molar-refractivity contribution in [3.8, 4) is 11.1 Å². The number of allylic oxidation sites excluding steroid dienone is 1. The molecule has 202 valence electrons. The van der Waals surface area contributed by atoms with Crippen LogP contribution in [0.15, 0.2) is 55.1 Å². The Bertz CT molecular complexity index is 1480. The zero-order valence-electron chi connectivity index (χ0n) is 22.3. The van der Waals surface area contributed by atoms with Gasteiger partial charge in [-0.3, -0.25) is 4.98 Å². The highest BCUT2D eigenvalue weighted by Gasteiger charge is 2.19. The first-order chi connectivity index (χ1) is 19.0. The van der Waals surface area contributed by atoms with Crippen molar-refractivity contribution >= 4 is 28.2 Å². The lowest BCUT2D eigenvalue weighted by molar-refractivity contribution is 0.405. The minimum Gasteiger partial charge on any atom is -0.396 e. The van der Waals surface area contributed by atoms with Crippen molar-refractivity contribution in [2.24, 2.45) is 5.92 Å². The van der Waals surface area contributed by atoms with Gasteiger partial charge in [-0.2, -0.15) is 0 Å². The van der Waals surface area contributed by atoms with Crippen LogP contribution in [0.25, 0.3) is 22.3 Å². The molecule has 6 rings (SSSR count). The largest absolute Gasteiger partial charge is 0.396 e. The van der Waals surface area contributed by atoms with E-state index in [9.17, 15) is 0 Å². The van der Waals surface area contributed by atoms with E-state index in [0.29, 0.717) is 29.4 Å². The van der Waals surface area contributed by atoms with Gasteiger partial charge in [-0.25, -0.2) is 14.4 Å². The summed E-state index contributed by atoms with van der Waals surface area (Å²) in [5.74, 6) is 0.745. The molecule has 8 heteroatoms. The van der Waals surface area contributed by atoms with E-state index in [1.165, 1.54) is 57.4 Å². The average molecular weight is 526 g/mol. The minimum absolute atomic E-state index is 0.135. The predicted octanol–water partition coefficient (Wildman–Crippen LogP) is 6.83. The lowest BCUT2D eigenvalue weighted by atomic mass is 9.87. The lowest BCUT2D eigenvalue weighted by Gasteiger charge is -2.28. The van der Waals surface area contributed by atoms with E-state index in [4.69, 9.17) is 10.7 Å². The van der Waals surface area contributed by atoms with Gasteiger partial charge in [0.1, 0.15) is 17.2 Å². The quantitative estimate of drug-likeness (QED) is 0.229. The van der Waals surface area contributed by atoms with Crippen LogP contribution in [0.3, 0.4) is 0 Å². The Morgan fingerprint density at radius 1 is 1.05 bits per heavy atom. The number of pyridine rings is 2. The van der Waals surface area contributed by atoms with Gasteiger partial charge in [0.2, 0.25) is 0 Å². The van der Waals surface area contributed by atoms with E-state index in [1.54, 1.807) is 12.4 Å². The fourth-order valence-corrected chi connectivity index (χ4v) is 6.00. The fraction of sp³-hybridized carbons (Fsp3) is 0.387. The molecule has 0 unspecified atom stereocenters. The number of nitrogens with one attached hydrogen (secondary N) is 2. The summed E-state index contributed by atoms with van der Waals surface area (Å²) in [6, 6.07) is 7.44. The Morgan fingerprint density at radius 2 is 1.85 bits per heavy atom. The van der Waals surface area contributed by atoms with Gasteiger partial charge in [0.15, 0.2) is 5.65 Å². The molecule has 2 aliphatic rings. The van der Waals surface area contributed by atoms with Crippen LogP contribution in [0.5, 0.6) is 0 Å². The molecular formula is C31H36FN7. The molecule has 1 aliphatic heterocycles. The molecule has 0 bridgehead atoms. The van der Waals surface area contributed by atoms with Crippen LogP contribution < -0.4 is 16.0 Å². The second-order valence-corrected chi connectivity index (χ2v) is 10.9. The normalized spacial score (nSPS) is 16.5. The van der Waals surface area contributed by atoms with E-state index < -0.39 is 5.82 Å². The van der Waals surface area contributed by atoms with E-state index in [-0.39, 0.29) is 5.69 Å². The minimum atomic E-state index is -0.448. The summed E-state index contributed by atoms with van der Waals surface area (Å²) in [5, 5.41) is 3.45. The summed E-state index contributed by atoms with van der Waals surface area (Å²) in [4.78, 5) is 19.5. The highest BCUT2D eigenvalue weighted by Crippen LogP contribution is 2.33. The van der Waals surface area contributed by atoms with Crippen LogP contribution in [0.2, 0.25) is 0 Å². The molecule has 0 radical (unpaired) electrons. The molecule has 0 amide bonds. The molecule has 4 aromatic rings. The van der Waals surface area contributed by atoms with E-state index in [0.717, 1.165) is 46.8 Å². The van der Waals surface area contributed by atoms with Crippen LogP contribution in [0, 0.1) is 11.7 Å². The molecule has 4 heterocycles. The number of rotatable bonds is 7. The number of hydrogen-bond acceptors (Lipinski definition) is 6. The Kier molecular flexibility index (Phi) is 7.18. The summed E-state index contributed by atoms with van der Waals surface area (Å²) >= 11 is 0. The molecule has 7 nitrogen and oxygen atoms in total. The van der Waals surface area contributed by atoms with Crippen molar-refractivity contribution in [2.75, 3.05) is 29.0 Å². The van der Waals surface area contributed by atoms with Gasteiger partial charge in [-0.15, -0.1) is 0 Å². The summed E-state index contributed by atoms with van der Waals surface area (Å²) in [6.07, 6.45) is 15.5. The predicted molar refractivity (Wildman–Crippen MR) is 156 cm³/mol. The van der Waals surface area contributed by atoms with Crippen molar-refractivity contribution in [1.82, 2.24) is 19.9 Å². The van der Waals surface area contributed by atoms with Crippen molar-refractivity contribution in [3.63, 3.8) is 0 Å². The zero-order chi connectivity index (χ0) is 26.8. The maximum Gasteiger partial charge on any atom is 0.179 e. The van der Waals surface area contributed by atoms with Crippen LogP contribution >= 0.6 is 0 Å². The third-order valence-corrected chi connectivity index (χ3v) is 8.16. The van der Waals surface area contributed by atoms with Crippen LogP contribution in [0.1, 0.15) is 62.8 Å². The van der Waals surface area contributed by atoms with Crippen molar-refractivity contribution in [2.45, 2.75) is 57.8 Å². The van der Waals surface area contributed by atoms with Crippen LogP contribution in [-0.4, -0.2) is 33.0 Å². The first-order valence-electron chi connectivity index (χ1n) is 14.1. The molecule has 3 aromatic heterocycles. The molecular weight excluding hydrogens is 489 g/mol. The first kappa shape index (κ1) is 25.3. The Hall–Kier alpha value is -3.94. The highest BCUT2D eigenvalue weighted by molar-refractivity contribution is 5.86. The number of aromatic amines is 1. The third kappa shape index (κ3) is 5.46. The second-order valence-electron chi connectivity index (χ2n) is 10.9. The van der Waals surface area contributed by atoms with Gasteiger partial charge in [0.05, 0.1) is 23.3 Å². The SMILES string of the molecule is C=C(Nc1cncc(-c2cc(F)c(N)c(Cc3nc4nccc(N5CCCCC5)c4[nH]3)c2)c1)C1CCCCC1. The van der Waals surface area contributed by atoms with Crippen molar-refractivity contribution < 1.29 is 4.39 Å². The number of nitrogen functional groups attached to an aromatic ring is 1. The summed E-state index contributed by atoms with van der Waals surface area (Å²) < 4.78 is 15.1. The number of halogens is 1. The number of piperidine rings is 1. The van der Waals surface area contributed by atoms with Gasteiger partial charge in [0.25, 0.3) is 0 Å². The number of imidazole rings is 1. The van der Waals surface area contributed by atoms with Gasteiger partial charge in [0, 0.05) is 43.2 Å². The Morgan fingerprint density at radius 3 is 2.67 bits per heavy atom. The van der Waals surface area contributed by atoms with Gasteiger partial charge in [-0.05, 0) is 73.4 Å². The molecule has 39 heavy (non-hydrogen) atoms. The fourth-order valence-electron chi connectivity index (χ4n) is 6.00. The topological polar surface area (TPSA) is 95.8 Å². The molecule has 2 fully saturated rings. The third-order valence-electron chi connectivity index (χ3n) is 8.16. The molecule has 1 aromatic carbocycles. The average Bonchev–Trinajstić information content (AvgIpc) is 3.39. The van der Waals surface area contributed by atoms with Crippen molar-refractivity contribution in [1.29, 1.82) is 0 Å². The highest BCUT2D eigenvalue weighted by atomic mass is 19.1. The number of benzene rings is 1. The second kappa shape index (κ2) is 11.0. The molecule has 0 atom stereocenters. The molecule has 1 saturated carbocycles. The van der Waals surface area contributed by atoms with Gasteiger partial charge < -0.3 is 20.9 Å². The van der Waals surface area contributed by atoms with E-state index >= 15 is 4.39 Å². The number of aromatic nitrogens is 4. The number of fused-ring (bicyclic) bond motifs is 1. The Balaban J connectivity index is 1.25. The molecule has 1 aliphatic carbocycles. The number of nitrogens with zero attached hydrogens (tertiary/aromatic N) is 4. The van der Waals surface area contributed by atoms with Crippen LogP contribution in [0.4, 0.5) is 21.5 Å². The summed E-state index contributed by atoms with van der Waals surface area (Å²) in [7, 11) is 0. The number of anilines is 3. The maximum atomic E-state index is 15.1. The lowest BCUT2D eigenvalue weighted by Crippen LogP contribution is -2.29. The summed E-state index contributed by atoms with van der Waals surface area (Å²) in [6.45, 7) is 6.35. The monoisotopic (exact) mass is 525 g/mol. The van der Waals surface area contributed by atoms with Gasteiger partial charge >= 0.3 is 0 Å². The maximum absolute atomic E-state index is 15.1. The smallest absolute Gasteiger partial charge is 0.179 e. The number of hydrogen-bond donors (Lipinski definition) is 3. The summed E-state index contributed by atoms with van der Waals surface area (Å²) in [5.41, 5.74) is 13.2. The first-order valence-corrected chi connectivity index (χ1v) is 14.1. The van der Waals surface area contributed by atoms with E-state index in [2.05, 4.69) is 31.7 Å². The molecule has 0 spiro atoms.